The van der Waals surface area contributed by atoms with E-state index in [1.54, 1.807) is 0 Å². The lowest BCUT2D eigenvalue weighted by molar-refractivity contribution is -0.179. The minimum Gasteiger partial charge on any atom is -0.372 e. The zero-order valence-corrected chi connectivity index (χ0v) is 12.7. The Labute approximate surface area is 117 Å². The molecule has 1 N–H and O–H groups in total. The van der Waals surface area contributed by atoms with Gasteiger partial charge in [-0.3, -0.25) is 9.69 Å². The van der Waals surface area contributed by atoms with Crippen LogP contribution in [-0.2, 0) is 9.53 Å². The van der Waals surface area contributed by atoms with Crippen molar-refractivity contribution in [2.24, 2.45) is 5.41 Å². The van der Waals surface area contributed by atoms with E-state index < -0.39 is 0 Å². The molecule has 110 valence electrons. The number of hydrogen-bond acceptors (Lipinski definition) is 3. The van der Waals surface area contributed by atoms with E-state index in [9.17, 15) is 4.79 Å². The van der Waals surface area contributed by atoms with Gasteiger partial charge in [0.15, 0.2) is 0 Å². The summed E-state index contributed by atoms with van der Waals surface area (Å²) in [5, 5.41) is 2.61. The molecule has 4 heteroatoms. The minimum atomic E-state index is 0.209. The van der Waals surface area contributed by atoms with Crippen molar-refractivity contribution in [3.63, 3.8) is 0 Å². The summed E-state index contributed by atoms with van der Waals surface area (Å²) in [7, 11) is 0. The molecule has 0 saturated carbocycles. The summed E-state index contributed by atoms with van der Waals surface area (Å²) in [6, 6.07) is 0. The van der Waals surface area contributed by atoms with Gasteiger partial charge in [0.05, 0.1) is 12.2 Å². The molecule has 3 aliphatic heterocycles. The van der Waals surface area contributed by atoms with Crippen LogP contribution >= 0.6 is 0 Å². The number of nitrogens with one attached hydrogen (secondary N) is 1. The molecule has 1 amide bonds. The van der Waals surface area contributed by atoms with Crippen LogP contribution in [-0.4, -0.2) is 49.7 Å². The van der Waals surface area contributed by atoms with Crippen molar-refractivity contribution < 1.29 is 9.53 Å². The third kappa shape index (κ3) is 6.73. The first-order valence-corrected chi connectivity index (χ1v) is 6.99. The molecule has 0 aromatic rings. The van der Waals surface area contributed by atoms with Crippen molar-refractivity contribution in [2.75, 3.05) is 26.2 Å². The summed E-state index contributed by atoms with van der Waals surface area (Å²) < 4.78 is 5.52. The van der Waals surface area contributed by atoms with Gasteiger partial charge in [-0.15, -0.1) is 0 Å². The van der Waals surface area contributed by atoms with E-state index in [2.05, 4.69) is 44.5 Å². The second kappa shape index (κ2) is 7.06. The molecule has 3 aliphatic rings. The highest BCUT2D eigenvalue weighted by Crippen LogP contribution is 2.27. The molecule has 19 heavy (non-hydrogen) atoms. The monoisotopic (exact) mass is 268 g/mol. The first kappa shape index (κ1) is 16.2. The zero-order chi connectivity index (χ0) is 14.5. The molecular weight excluding hydrogens is 240 g/mol. The fourth-order valence-corrected chi connectivity index (χ4v) is 2.30. The SMILES string of the molecule is C=C(C)CN1CC2CC(C1)O2.CC(C)(C)CNC=O. The van der Waals surface area contributed by atoms with E-state index >= 15 is 0 Å². The van der Waals surface area contributed by atoms with Crippen LogP contribution in [0.1, 0.15) is 34.1 Å². The quantitative estimate of drug-likeness (QED) is 0.624. The van der Waals surface area contributed by atoms with Crippen LogP contribution in [0.25, 0.3) is 0 Å². The lowest BCUT2D eigenvalue weighted by atomic mass is 9.97. The predicted octanol–water partition coefficient (Wildman–Crippen LogP) is 1.81. The molecule has 0 radical (unpaired) electrons. The Hall–Kier alpha value is -0.870. The molecular formula is C15H28N2O2. The molecule has 0 aromatic carbocycles. The number of carbonyl (C=O) groups excluding carboxylic acids is 1. The highest BCUT2D eigenvalue weighted by molar-refractivity contribution is 5.45. The summed E-state index contributed by atoms with van der Waals surface area (Å²) >= 11 is 0. The smallest absolute Gasteiger partial charge is 0.207 e. The van der Waals surface area contributed by atoms with E-state index in [4.69, 9.17) is 4.74 Å². The Balaban J connectivity index is 0.000000203. The first-order valence-electron chi connectivity index (χ1n) is 6.99. The predicted molar refractivity (Wildman–Crippen MR) is 78.1 cm³/mol. The Morgan fingerprint density at radius 3 is 2.26 bits per heavy atom. The van der Waals surface area contributed by atoms with E-state index in [1.807, 2.05) is 0 Å². The zero-order valence-electron chi connectivity index (χ0n) is 12.7. The molecule has 4 nitrogen and oxygen atoms in total. The van der Waals surface area contributed by atoms with Gasteiger partial charge in [0, 0.05) is 32.6 Å². The molecule has 2 unspecified atom stereocenters. The fourth-order valence-electron chi connectivity index (χ4n) is 2.30. The highest BCUT2D eigenvalue weighted by Gasteiger charge is 2.37. The van der Waals surface area contributed by atoms with Gasteiger partial charge < -0.3 is 10.1 Å². The molecule has 3 rings (SSSR count). The van der Waals surface area contributed by atoms with Crippen LogP contribution in [0.15, 0.2) is 12.2 Å². The Morgan fingerprint density at radius 2 is 1.95 bits per heavy atom. The minimum absolute atomic E-state index is 0.209. The van der Waals surface area contributed by atoms with Crippen LogP contribution in [0.3, 0.4) is 0 Å². The standard InChI is InChI=1S/C9H15NO.C6H13NO/c1-7(2)4-10-5-8-3-9(6-10)11-8;1-6(2,3)4-7-5-8/h8-9H,1,3-6H2,2H3;5H,4H2,1-3H3,(H,7,8). The third-order valence-electron chi connectivity index (χ3n) is 3.04. The van der Waals surface area contributed by atoms with Crippen molar-refractivity contribution in [1.82, 2.24) is 10.2 Å². The number of rotatable bonds is 4. The van der Waals surface area contributed by atoms with Crippen molar-refractivity contribution >= 4 is 6.41 Å². The second-order valence-electron chi connectivity index (χ2n) is 6.83. The number of nitrogens with zero attached hydrogens (tertiary/aromatic N) is 1. The highest BCUT2D eigenvalue weighted by atomic mass is 16.5. The summed E-state index contributed by atoms with van der Waals surface area (Å²) in [5.41, 5.74) is 1.47. The average molecular weight is 268 g/mol. The molecule has 0 aliphatic carbocycles. The lowest BCUT2D eigenvalue weighted by Gasteiger charge is -2.47. The van der Waals surface area contributed by atoms with Gasteiger partial charge in [0.25, 0.3) is 0 Å². The van der Waals surface area contributed by atoms with E-state index in [1.165, 1.54) is 12.0 Å². The van der Waals surface area contributed by atoms with Crippen LogP contribution in [0.4, 0.5) is 0 Å². The second-order valence-corrected chi connectivity index (χ2v) is 6.83. The number of amides is 1. The number of piperidine rings is 1. The van der Waals surface area contributed by atoms with Crippen molar-refractivity contribution in [3.8, 4) is 0 Å². The Morgan fingerprint density at radius 1 is 1.42 bits per heavy atom. The molecule has 3 heterocycles. The molecule has 0 aromatic heterocycles. The maximum atomic E-state index is 9.74. The number of carbonyl (C=O) groups is 1. The summed E-state index contributed by atoms with van der Waals surface area (Å²) in [5.74, 6) is 0. The van der Waals surface area contributed by atoms with Gasteiger partial charge in [0.1, 0.15) is 0 Å². The van der Waals surface area contributed by atoms with Crippen molar-refractivity contribution in [2.45, 2.75) is 46.3 Å². The Kier molecular flexibility index (Phi) is 6.01. The molecule has 3 saturated heterocycles. The van der Waals surface area contributed by atoms with E-state index in [-0.39, 0.29) is 5.41 Å². The number of morpholine rings is 1. The van der Waals surface area contributed by atoms with Crippen molar-refractivity contribution in [1.29, 1.82) is 0 Å². The number of ether oxygens (including phenoxy) is 1. The van der Waals surface area contributed by atoms with Crippen molar-refractivity contribution in [3.05, 3.63) is 12.2 Å². The van der Waals surface area contributed by atoms with Crippen LogP contribution in [0, 0.1) is 5.41 Å². The molecule has 0 spiro atoms. The first-order chi connectivity index (χ1) is 8.80. The summed E-state index contributed by atoms with van der Waals surface area (Å²) in [4.78, 5) is 12.2. The number of hydrogen-bond donors (Lipinski definition) is 1. The lowest BCUT2D eigenvalue weighted by Crippen LogP contribution is -2.57. The molecule has 2 atom stereocenters. The summed E-state index contributed by atoms with van der Waals surface area (Å²) in [6.45, 7) is 16.2. The van der Waals surface area contributed by atoms with Gasteiger partial charge in [-0.1, -0.05) is 32.9 Å². The van der Waals surface area contributed by atoms with Gasteiger partial charge >= 0.3 is 0 Å². The summed E-state index contributed by atoms with van der Waals surface area (Å²) in [6.07, 6.45) is 3.08. The average Bonchev–Trinajstić information content (AvgIpc) is 2.24. The molecule has 2 bridgehead atoms. The molecule has 3 fully saturated rings. The van der Waals surface area contributed by atoms with Gasteiger partial charge in [-0.2, -0.15) is 0 Å². The van der Waals surface area contributed by atoms with E-state index in [0.717, 1.165) is 32.6 Å². The largest absolute Gasteiger partial charge is 0.372 e. The maximum Gasteiger partial charge on any atom is 0.207 e. The Bertz CT molecular complexity index is 294. The van der Waals surface area contributed by atoms with Gasteiger partial charge in [-0.25, -0.2) is 0 Å². The van der Waals surface area contributed by atoms with Gasteiger partial charge in [0.2, 0.25) is 6.41 Å². The number of fused-ring (bicyclic) bond motifs is 2. The van der Waals surface area contributed by atoms with Crippen LogP contribution < -0.4 is 5.32 Å². The van der Waals surface area contributed by atoms with Crippen LogP contribution in [0.5, 0.6) is 0 Å². The topological polar surface area (TPSA) is 41.6 Å². The normalized spacial score (nSPS) is 25.7. The fraction of sp³-hybridized carbons (Fsp3) is 0.800. The van der Waals surface area contributed by atoms with Crippen LogP contribution in [0.2, 0.25) is 0 Å². The van der Waals surface area contributed by atoms with Gasteiger partial charge in [-0.05, 0) is 12.3 Å². The van der Waals surface area contributed by atoms with E-state index in [0.29, 0.717) is 12.2 Å². The third-order valence-corrected chi connectivity index (χ3v) is 3.04. The maximum absolute atomic E-state index is 9.74.